The largest absolute Gasteiger partial charge is 0.493 e. The third-order valence-corrected chi connectivity index (χ3v) is 3.00. The smallest absolute Gasteiger partial charge is 0.319 e. The summed E-state index contributed by atoms with van der Waals surface area (Å²) in [5, 5.41) is 0. The lowest BCUT2D eigenvalue weighted by Gasteiger charge is -2.15. The van der Waals surface area contributed by atoms with Gasteiger partial charge < -0.3 is 20.3 Å². The van der Waals surface area contributed by atoms with Crippen molar-refractivity contribution in [3.05, 3.63) is 24.3 Å². The molecule has 5 nitrogen and oxygen atoms in total. The van der Waals surface area contributed by atoms with Crippen molar-refractivity contribution in [2.45, 2.75) is 6.42 Å². The Kier molecular flexibility index (Phi) is 3.92. The van der Waals surface area contributed by atoms with Gasteiger partial charge in [0, 0.05) is 38.4 Å². The molecule has 0 aliphatic carbocycles. The van der Waals surface area contributed by atoms with Gasteiger partial charge in [0.1, 0.15) is 5.75 Å². The highest BCUT2D eigenvalue weighted by Gasteiger charge is 2.24. The number of amides is 2. The monoisotopic (exact) mass is 249 g/mol. The first-order chi connectivity index (χ1) is 8.66. The van der Waals surface area contributed by atoms with Crippen LogP contribution in [0.1, 0.15) is 6.42 Å². The summed E-state index contributed by atoms with van der Waals surface area (Å²) < 4.78 is 5.58. The molecule has 1 aliphatic rings. The van der Waals surface area contributed by atoms with E-state index in [0.29, 0.717) is 12.3 Å². The summed E-state index contributed by atoms with van der Waals surface area (Å²) in [6, 6.07) is 7.48. The molecule has 1 aliphatic heterocycles. The average molecular weight is 249 g/mol. The highest BCUT2D eigenvalue weighted by atomic mass is 16.5. The number of carbonyl (C=O) groups excluding carboxylic acids is 1. The first-order valence-electron chi connectivity index (χ1n) is 6.15. The quantitative estimate of drug-likeness (QED) is 0.634. The van der Waals surface area contributed by atoms with Crippen LogP contribution in [0.3, 0.4) is 0 Å². The van der Waals surface area contributed by atoms with Crippen LogP contribution in [0.4, 0.5) is 10.5 Å². The summed E-state index contributed by atoms with van der Waals surface area (Å²) in [7, 11) is 1.82. The molecule has 2 amide bonds. The molecule has 98 valence electrons. The van der Waals surface area contributed by atoms with Crippen LogP contribution in [0.25, 0.3) is 0 Å². The Morgan fingerprint density at radius 1 is 1.39 bits per heavy atom. The molecular formula is C13H19N3O2. The molecule has 1 aromatic rings. The minimum Gasteiger partial charge on any atom is -0.493 e. The Hall–Kier alpha value is -1.91. The predicted octanol–water partition coefficient (Wildman–Crippen LogP) is 1.41. The van der Waals surface area contributed by atoms with Crippen molar-refractivity contribution in [1.29, 1.82) is 0 Å². The molecule has 0 aromatic heterocycles. The number of nitrogen functional groups attached to an aromatic ring is 1. The summed E-state index contributed by atoms with van der Waals surface area (Å²) in [6.45, 7) is 2.96. The van der Waals surface area contributed by atoms with Crippen molar-refractivity contribution in [2.75, 3.05) is 39.0 Å². The summed E-state index contributed by atoms with van der Waals surface area (Å²) in [5.74, 6) is 0.778. The molecule has 0 unspecified atom stereocenters. The number of rotatable bonds is 5. The lowest BCUT2D eigenvalue weighted by Crippen LogP contribution is -2.30. The van der Waals surface area contributed by atoms with E-state index in [1.165, 1.54) is 0 Å². The van der Waals surface area contributed by atoms with E-state index in [0.717, 1.165) is 31.8 Å². The fraction of sp³-hybridized carbons (Fsp3) is 0.462. The van der Waals surface area contributed by atoms with E-state index in [2.05, 4.69) is 0 Å². The standard InChI is InChI=1S/C13H19N3O2/c1-15-7-8-16(13(15)17)6-3-9-18-12-5-2-4-11(14)10-12/h2,4-5,10H,3,6-9,14H2,1H3. The number of carbonyl (C=O) groups is 1. The molecule has 1 saturated heterocycles. The van der Waals surface area contributed by atoms with E-state index < -0.39 is 0 Å². The van der Waals surface area contributed by atoms with Gasteiger partial charge in [0.25, 0.3) is 0 Å². The summed E-state index contributed by atoms with van der Waals surface area (Å²) in [4.78, 5) is 15.2. The third kappa shape index (κ3) is 3.06. The van der Waals surface area contributed by atoms with Crippen LogP contribution in [0.5, 0.6) is 5.75 Å². The number of anilines is 1. The van der Waals surface area contributed by atoms with Crippen molar-refractivity contribution >= 4 is 11.7 Å². The zero-order valence-electron chi connectivity index (χ0n) is 10.6. The number of nitrogens with two attached hydrogens (primary N) is 1. The molecular weight excluding hydrogens is 230 g/mol. The lowest BCUT2D eigenvalue weighted by atomic mass is 10.3. The van der Waals surface area contributed by atoms with Gasteiger partial charge >= 0.3 is 6.03 Å². The first-order valence-corrected chi connectivity index (χ1v) is 6.15. The second-order valence-corrected chi connectivity index (χ2v) is 4.47. The van der Waals surface area contributed by atoms with Gasteiger partial charge in [-0.05, 0) is 18.6 Å². The molecule has 1 heterocycles. The number of ether oxygens (including phenoxy) is 1. The summed E-state index contributed by atoms with van der Waals surface area (Å²) >= 11 is 0. The van der Waals surface area contributed by atoms with Crippen molar-refractivity contribution in [1.82, 2.24) is 9.80 Å². The van der Waals surface area contributed by atoms with E-state index >= 15 is 0 Å². The summed E-state index contributed by atoms with van der Waals surface area (Å²) in [5.41, 5.74) is 6.36. The fourth-order valence-corrected chi connectivity index (χ4v) is 1.96. The molecule has 5 heteroatoms. The number of urea groups is 1. The van der Waals surface area contributed by atoms with Crippen LogP contribution in [-0.4, -0.2) is 49.1 Å². The van der Waals surface area contributed by atoms with Crippen molar-refractivity contribution in [3.63, 3.8) is 0 Å². The maximum atomic E-state index is 11.6. The first kappa shape index (κ1) is 12.5. The van der Waals surface area contributed by atoms with Gasteiger partial charge in [-0.3, -0.25) is 0 Å². The van der Waals surface area contributed by atoms with E-state index in [1.54, 1.807) is 11.0 Å². The SMILES string of the molecule is CN1CCN(CCCOc2cccc(N)c2)C1=O. The van der Waals surface area contributed by atoms with Crippen LogP contribution in [-0.2, 0) is 0 Å². The lowest BCUT2D eigenvalue weighted by molar-refractivity contribution is 0.194. The van der Waals surface area contributed by atoms with Crippen LogP contribution in [0.2, 0.25) is 0 Å². The van der Waals surface area contributed by atoms with Crippen molar-refractivity contribution in [3.8, 4) is 5.75 Å². The molecule has 1 aromatic carbocycles. The highest BCUT2D eigenvalue weighted by molar-refractivity contribution is 5.76. The van der Waals surface area contributed by atoms with E-state index in [-0.39, 0.29) is 6.03 Å². The number of benzene rings is 1. The Balaban J connectivity index is 1.69. The van der Waals surface area contributed by atoms with E-state index in [9.17, 15) is 4.79 Å². The number of hydrogen-bond donors (Lipinski definition) is 1. The normalized spacial score (nSPS) is 15.3. The van der Waals surface area contributed by atoms with Gasteiger partial charge in [0.05, 0.1) is 6.61 Å². The second-order valence-electron chi connectivity index (χ2n) is 4.47. The maximum Gasteiger partial charge on any atom is 0.319 e. The highest BCUT2D eigenvalue weighted by Crippen LogP contribution is 2.14. The van der Waals surface area contributed by atoms with Crippen LogP contribution in [0, 0.1) is 0 Å². The van der Waals surface area contributed by atoms with Gasteiger partial charge in [-0.15, -0.1) is 0 Å². The average Bonchev–Trinajstić information content (AvgIpc) is 2.66. The molecule has 0 spiro atoms. The van der Waals surface area contributed by atoms with Crippen LogP contribution >= 0.6 is 0 Å². The van der Waals surface area contributed by atoms with Gasteiger partial charge in [-0.25, -0.2) is 4.79 Å². The third-order valence-electron chi connectivity index (χ3n) is 3.00. The predicted molar refractivity (Wildman–Crippen MR) is 70.6 cm³/mol. The molecule has 2 N–H and O–H groups in total. The fourth-order valence-electron chi connectivity index (χ4n) is 1.96. The molecule has 1 fully saturated rings. The maximum absolute atomic E-state index is 11.6. The minimum absolute atomic E-state index is 0.110. The van der Waals surface area contributed by atoms with E-state index in [1.807, 2.05) is 30.1 Å². The minimum atomic E-state index is 0.110. The molecule has 2 rings (SSSR count). The Morgan fingerprint density at radius 2 is 2.22 bits per heavy atom. The topological polar surface area (TPSA) is 58.8 Å². The number of likely N-dealkylation sites (N-methyl/N-ethyl adjacent to an activating group) is 1. The van der Waals surface area contributed by atoms with Crippen molar-refractivity contribution in [2.24, 2.45) is 0 Å². The van der Waals surface area contributed by atoms with E-state index in [4.69, 9.17) is 10.5 Å². The van der Waals surface area contributed by atoms with Gasteiger partial charge in [-0.2, -0.15) is 0 Å². The Labute approximate surface area is 107 Å². The molecule has 18 heavy (non-hydrogen) atoms. The zero-order chi connectivity index (χ0) is 13.0. The van der Waals surface area contributed by atoms with Gasteiger partial charge in [0.15, 0.2) is 0 Å². The zero-order valence-corrected chi connectivity index (χ0v) is 10.6. The molecule has 0 radical (unpaired) electrons. The van der Waals surface area contributed by atoms with Crippen molar-refractivity contribution < 1.29 is 9.53 Å². The molecule has 0 saturated carbocycles. The Morgan fingerprint density at radius 3 is 2.89 bits per heavy atom. The molecule has 0 atom stereocenters. The summed E-state index contributed by atoms with van der Waals surface area (Å²) in [6.07, 6.45) is 0.828. The van der Waals surface area contributed by atoms with Gasteiger partial charge in [0.2, 0.25) is 0 Å². The van der Waals surface area contributed by atoms with Crippen LogP contribution < -0.4 is 10.5 Å². The molecule has 0 bridgehead atoms. The second kappa shape index (κ2) is 5.62. The number of hydrogen-bond acceptors (Lipinski definition) is 3. The Bertz CT molecular complexity index is 422. The van der Waals surface area contributed by atoms with Crippen LogP contribution in [0.15, 0.2) is 24.3 Å². The number of nitrogens with zero attached hydrogens (tertiary/aromatic N) is 2. The van der Waals surface area contributed by atoms with Gasteiger partial charge in [-0.1, -0.05) is 6.07 Å².